The molecule has 158 valence electrons. The van der Waals surface area contributed by atoms with Gasteiger partial charge in [-0.3, -0.25) is 4.79 Å². The van der Waals surface area contributed by atoms with Crippen LogP contribution in [-0.2, 0) is 11.8 Å². The molecule has 0 saturated carbocycles. The molecule has 0 spiro atoms. The maximum absolute atomic E-state index is 12.2. The molecule has 6 heteroatoms. The molecule has 4 aromatic rings. The van der Waals surface area contributed by atoms with Crippen LogP contribution < -0.4 is 10.3 Å². The highest BCUT2D eigenvalue weighted by molar-refractivity contribution is 5.91. The van der Waals surface area contributed by atoms with Crippen molar-refractivity contribution in [2.24, 2.45) is 7.05 Å². The number of ether oxygens (including phenoxy) is 2. The average molecular weight is 415 g/mol. The van der Waals surface area contributed by atoms with Gasteiger partial charge in [0, 0.05) is 49.1 Å². The average Bonchev–Trinajstić information content (AvgIpc) is 3.24. The van der Waals surface area contributed by atoms with E-state index in [-0.39, 0.29) is 5.56 Å². The molecule has 5 rings (SSSR count). The first-order valence-electron chi connectivity index (χ1n) is 10.6. The normalized spacial score (nSPS) is 14.8. The molecule has 1 saturated heterocycles. The van der Waals surface area contributed by atoms with Crippen LogP contribution in [0.4, 0.5) is 0 Å². The summed E-state index contributed by atoms with van der Waals surface area (Å²) in [6.07, 6.45) is 3.77. The number of rotatable bonds is 4. The molecule has 1 aliphatic heterocycles. The molecule has 0 bridgehead atoms. The van der Waals surface area contributed by atoms with Crippen LogP contribution in [0, 0.1) is 6.92 Å². The molecule has 0 aliphatic carbocycles. The smallest absolute Gasteiger partial charge is 0.253 e. The highest BCUT2D eigenvalue weighted by Gasteiger charge is 2.22. The second-order valence-electron chi connectivity index (χ2n) is 8.09. The van der Waals surface area contributed by atoms with Gasteiger partial charge in [-0.1, -0.05) is 18.2 Å². The number of hydrogen-bond donors (Lipinski definition) is 1. The van der Waals surface area contributed by atoms with Crippen molar-refractivity contribution >= 4 is 11.0 Å². The topological polar surface area (TPSA) is 69.1 Å². The number of aryl methyl sites for hydroxylation is 2. The predicted octanol–water partition coefficient (Wildman–Crippen LogP) is 4.92. The second-order valence-corrected chi connectivity index (χ2v) is 8.09. The Kier molecular flexibility index (Phi) is 5.08. The summed E-state index contributed by atoms with van der Waals surface area (Å²) in [6, 6.07) is 15.7. The molecule has 31 heavy (non-hydrogen) atoms. The second kappa shape index (κ2) is 8.04. The molecule has 1 aliphatic rings. The van der Waals surface area contributed by atoms with E-state index in [0.717, 1.165) is 59.8 Å². The van der Waals surface area contributed by atoms with Crippen LogP contribution >= 0.6 is 0 Å². The van der Waals surface area contributed by atoms with Crippen molar-refractivity contribution in [2.45, 2.75) is 25.7 Å². The lowest BCUT2D eigenvalue weighted by atomic mass is 10.00. The molecule has 1 N–H and O–H groups in total. The van der Waals surface area contributed by atoms with Crippen LogP contribution in [0.25, 0.3) is 22.2 Å². The molecule has 0 unspecified atom stereocenters. The fraction of sp³-hybridized carbons (Fsp3) is 0.280. The van der Waals surface area contributed by atoms with Gasteiger partial charge in [0.15, 0.2) is 5.75 Å². The summed E-state index contributed by atoms with van der Waals surface area (Å²) in [6.45, 7) is 3.36. The fourth-order valence-corrected chi connectivity index (χ4v) is 4.20. The zero-order valence-corrected chi connectivity index (χ0v) is 17.7. The van der Waals surface area contributed by atoms with Crippen molar-refractivity contribution in [1.82, 2.24) is 14.5 Å². The summed E-state index contributed by atoms with van der Waals surface area (Å²) in [5.41, 5.74) is 4.25. The zero-order chi connectivity index (χ0) is 21.4. The van der Waals surface area contributed by atoms with Gasteiger partial charge in [0.1, 0.15) is 17.1 Å². The van der Waals surface area contributed by atoms with Crippen molar-refractivity contribution < 1.29 is 9.47 Å². The summed E-state index contributed by atoms with van der Waals surface area (Å²) in [5.74, 6) is 2.77. The molecule has 0 atom stereocenters. The van der Waals surface area contributed by atoms with E-state index >= 15 is 0 Å². The number of nitrogens with one attached hydrogen (secondary N) is 1. The third-order valence-corrected chi connectivity index (χ3v) is 5.87. The Morgan fingerprint density at radius 1 is 1.13 bits per heavy atom. The van der Waals surface area contributed by atoms with Gasteiger partial charge in [0.2, 0.25) is 0 Å². The molecule has 0 radical (unpaired) electrons. The number of imidazole rings is 1. The van der Waals surface area contributed by atoms with E-state index < -0.39 is 0 Å². The highest BCUT2D eigenvalue weighted by atomic mass is 16.5. The van der Waals surface area contributed by atoms with Crippen molar-refractivity contribution in [3.63, 3.8) is 0 Å². The molecule has 3 heterocycles. The number of fused-ring (bicyclic) bond motifs is 1. The van der Waals surface area contributed by atoms with Gasteiger partial charge >= 0.3 is 0 Å². The van der Waals surface area contributed by atoms with Crippen LogP contribution in [-0.4, -0.2) is 27.7 Å². The Labute approximate surface area is 180 Å². The van der Waals surface area contributed by atoms with E-state index in [2.05, 4.69) is 4.98 Å². The lowest BCUT2D eigenvalue weighted by Gasteiger charge is -2.19. The Bertz CT molecular complexity index is 1260. The van der Waals surface area contributed by atoms with Gasteiger partial charge in [-0.2, -0.15) is 0 Å². The number of H-pyrrole nitrogens is 1. The van der Waals surface area contributed by atoms with Crippen LogP contribution in [0.2, 0.25) is 0 Å². The largest absolute Gasteiger partial charge is 0.454 e. The van der Waals surface area contributed by atoms with E-state index in [9.17, 15) is 4.79 Å². The lowest BCUT2D eigenvalue weighted by molar-refractivity contribution is 0.0838. The summed E-state index contributed by atoms with van der Waals surface area (Å²) in [7, 11) is 1.77. The first-order chi connectivity index (χ1) is 15.1. The van der Waals surface area contributed by atoms with Gasteiger partial charge in [0.25, 0.3) is 5.56 Å². The maximum Gasteiger partial charge on any atom is 0.253 e. The van der Waals surface area contributed by atoms with Gasteiger partial charge in [0.05, 0.1) is 5.52 Å². The number of benzene rings is 2. The van der Waals surface area contributed by atoms with Crippen molar-refractivity contribution in [3.8, 4) is 22.6 Å². The third kappa shape index (κ3) is 3.75. The zero-order valence-electron chi connectivity index (χ0n) is 17.7. The Morgan fingerprint density at radius 2 is 1.90 bits per heavy atom. The number of pyridine rings is 1. The first kappa shape index (κ1) is 19.6. The number of aromatic amines is 1. The minimum Gasteiger partial charge on any atom is -0.454 e. The molecular weight excluding hydrogens is 390 g/mol. The van der Waals surface area contributed by atoms with Crippen LogP contribution in [0.15, 0.2) is 59.5 Å². The highest BCUT2D eigenvalue weighted by Crippen LogP contribution is 2.40. The van der Waals surface area contributed by atoms with E-state index in [1.54, 1.807) is 11.6 Å². The predicted molar refractivity (Wildman–Crippen MR) is 121 cm³/mol. The monoisotopic (exact) mass is 415 g/mol. The Morgan fingerprint density at radius 3 is 2.65 bits per heavy atom. The quantitative estimate of drug-likeness (QED) is 0.513. The number of hydrogen-bond acceptors (Lipinski definition) is 4. The third-order valence-electron chi connectivity index (χ3n) is 5.87. The molecule has 2 aromatic carbocycles. The van der Waals surface area contributed by atoms with Crippen molar-refractivity contribution in [3.05, 3.63) is 76.5 Å². The maximum atomic E-state index is 12.2. The van der Waals surface area contributed by atoms with Crippen LogP contribution in [0.3, 0.4) is 0 Å². The van der Waals surface area contributed by atoms with Gasteiger partial charge < -0.3 is 19.0 Å². The Balaban J connectivity index is 1.69. The number of para-hydroxylation sites is 1. The van der Waals surface area contributed by atoms with Crippen molar-refractivity contribution in [1.29, 1.82) is 0 Å². The van der Waals surface area contributed by atoms with E-state index in [4.69, 9.17) is 14.5 Å². The fourth-order valence-electron chi connectivity index (χ4n) is 4.20. The van der Waals surface area contributed by atoms with Gasteiger partial charge in [-0.25, -0.2) is 4.98 Å². The summed E-state index contributed by atoms with van der Waals surface area (Å²) < 4.78 is 13.5. The standard InChI is InChI=1S/C25H25N3O3/c1-16-14-18(15-28(2)25(16)29)20-8-9-21-22(23(20)31-19-6-4-3-5-7-19)27-24(26-21)17-10-12-30-13-11-17/h3-9,14-15,17H,10-13H2,1-2H3,(H,26,27). The Hall–Kier alpha value is -3.38. The van der Waals surface area contributed by atoms with E-state index in [1.165, 1.54) is 0 Å². The van der Waals surface area contributed by atoms with Crippen LogP contribution in [0.1, 0.15) is 30.1 Å². The van der Waals surface area contributed by atoms with Gasteiger partial charge in [-0.05, 0) is 50.1 Å². The van der Waals surface area contributed by atoms with Crippen LogP contribution in [0.5, 0.6) is 11.5 Å². The first-order valence-corrected chi connectivity index (χ1v) is 10.6. The summed E-state index contributed by atoms with van der Waals surface area (Å²) >= 11 is 0. The summed E-state index contributed by atoms with van der Waals surface area (Å²) in [4.78, 5) is 20.7. The molecular formula is C25H25N3O3. The minimum absolute atomic E-state index is 0.00284. The number of aromatic nitrogens is 3. The molecule has 0 amide bonds. The van der Waals surface area contributed by atoms with E-state index in [1.807, 2.05) is 61.7 Å². The van der Waals surface area contributed by atoms with Gasteiger partial charge in [-0.15, -0.1) is 0 Å². The SMILES string of the molecule is Cc1cc(-c2ccc3[nH]c(C4CCOCC4)nc3c2Oc2ccccc2)cn(C)c1=O. The molecule has 6 nitrogen and oxygen atoms in total. The molecule has 2 aromatic heterocycles. The minimum atomic E-state index is -0.00284. The summed E-state index contributed by atoms with van der Waals surface area (Å²) in [5, 5.41) is 0. The van der Waals surface area contributed by atoms with Crippen molar-refractivity contribution in [2.75, 3.05) is 13.2 Å². The van der Waals surface area contributed by atoms with E-state index in [0.29, 0.717) is 17.2 Å². The molecule has 1 fully saturated rings. The lowest BCUT2D eigenvalue weighted by Crippen LogP contribution is -2.18. The number of nitrogens with zero attached hydrogens (tertiary/aromatic N) is 2.